The second-order valence-corrected chi connectivity index (χ2v) is 5.10. The number of amides is 1. The number of thiocarbonyl (C=S) groups is 1. The van der Waals surface area contributed by atoms with Gasteiger partial charge in [-0.25, -0.2) is 0 Å². The van der Waals surface area contributed by atoms with Gasteiger partial charge in [0.25, 0.3) is 5.24 Å². The van der Waals surface area contributed by atoms with Crippen LogP contribution in [0.25, 0.3) is 17.0 Å². The molecule has 2 heterocycles. The molecule has 1 aliphatic heterocycles. The Kier molecular flexibility index (Phi) is 2.49. The molecule has 0 aliphatic carbocycles. The van der Waals surface area contributed by atoms with Crippen molar-refractivity contribution in [2.45, 2.75) is 0 Å². The fourth-order valence-corrected chi connectivity index (χ4v) is 2.77. The molecule has 0 radical (unpaired) electrons. The van der Waals surface area contributed by atoms with E-state index in [1.165, 1.54) is 0 Å². The van der Waals surface area contributed by atoms with Crippen molar-refractivity contribution in [2.75, 3.05) is 0 Å². The summed E-state index contributed by atoms with van der Waals surface area (Å²) in [4.78, 5) is 15.6. The molecule has 17 heavy (non-hydrogen) atoms. The van der Waals surface area contributed by atoms with Crippen molar-refractivity contribution in [2.24, 2.45) is 0 Å². The van der Waals surface area contributed by atoms with Crippen LogP contribution in [0.2, 0.25) is 0 Å². The number of hydrogen-bond donors (Lipinski definition) is 2. The van der Waals surface area contributed by atoms with E-state index in [1.54, 1.807) is 0 Å². The molecule has 0 saturated carbocycles. The lowest BCUT2D eigenvalue weighted by Gasteiger charge is -1.97. The molecule has 0 bridgehead atoms. The number of H-pyrrole nitrogens is 1. The van der Waals surface area contributed by atoms with Crippen LogP contribution in [0, 0.1) is 0 Å². The third-order valence-electron chi connectivity index (χ3n) is 2.52. The summed E-state index contributed by atoms with van der Waals surface area (Å²) in [6.45, 7) is 0. The Labute approximate surface area is 107 Å². The molecule has 3 nitrogen and oxygen atoms in total. The van der Waals surface area contributed by atoms with Crippen molar-refractivity contribution in [3.05, 3.63) is 40.9 Å². The van der Waals surface area contributed by atoms with Gasteiger partial charge in [-0.2, -0.15) is 0 Å². The lowest BCUT2D eigenvalue weighted by atomic mass is 10.1. The minimum absolute atomic E-state index is 0.107. The second-order valence-electron chi connectivity index (χ2n) is 3.68. The van der Waals surface area contributed by atoms with Gasteiger partial charge in [0.05, 0.1) is 4.91 Å². The first-order chi connectivity index (χ1) is 8.22. The van der Waals surface area contributed by atoms with Crippen molar-refractivity contribution in [1.29, 1.82) is 0 Å². The minimum Gasteiger partial charge on any atom is -0.361 e. The molecule has 3 rings (SSSR count). The monoisotopic (exact) mass is 260 g/mol. The normalized spacial score (nSPS) is 18.0. The van der Waals surface area contributed by atoms with Gasteiger partial charge < -0.3 is 10.3 Å². The molecule has 0 spiro atoms. The summed E-state index contributed by atoms with van der Waals surface area (Å²) in [5.41, 5.74) is 2.14. The highest BCUT2D eigenvalue weighted by molar-refractivity contribution is 8.19. The van der Waals surface area contributed by atoms with E-state index >= 15 is 0 Å². The quantitative estimate of drug-likeness (QED) is 0.611. The Morgan fingerprint density at radius 3 is 2.94 bits per heavy atom. The molecule has 0 unspecified atom stereocenters. The molecule has 1 aliphatic rings. The van der Waals surface area contributed by atoms with Gasteiger partial charge in [0.15, 0.2) is 0 Å². The van der Waals surface area contributed by atoms with Gasteiger partial charge in [-0.3, -0.25) is 4.79 Å². The molecule has 1 amide bonds. The topological polar surface area (TPSA) is 44.9 Å². The number of aromatic nitrogens is 1. The van der Waals surface area contributed by atoms with E-state index in [-0.39, 0.29) is 5.24 Å². The zero-order valence-corrected chi connectivity index (χ0v) is 10.3. The largest absolute Gasteiger partial charge is 0.361 e. The van der Waals surface area contributed by atoms with Crippen LogP contribution in [0.5, 0.6) is 0 Å². The van der Waals surface area contributed by atoms with E-state index in [1.807, 2.05) is 30.5 Å². The molecular weight excluding hydrogens is 252 g/mol. The summed E-state index contributed by atoms with van der Waals surface area (Å²) in [7, 11) is 0. The molecule has 2 N–H and O–H groups in total. The Hall–Kier alpha value is -1.59. The third-order valence-corrected chi connectivity index (χ3v) is 3.80. The van der Waals surface area contributed by atoms with E-state index in [0.29, 0.717) is 4.99 Å². The highest BCUT2D eigenvalue weighted by Crippen LogP contribution is 2.27. The second kappa shape index (κ2) is 4.01. The maximum absolute atomic E-state index is 11.1. The highest BCUT2D eigenvalue weighted by Gasteiger charge is 2.21. The van der Waals surface area contributed by atoms with Gasteiger partial charge in [-0.05, 0) is 47.0 Å². The van der Waals surface area contributed by atoms with Crippen molar-refractivity contribution in [1.82, 2.24) is 10.3 Å². The first-order valence-corrected chi connectivity index (χ1v) is 6.27. The minimum atomic E-state index is -0.107. The van der Waals surface area contributed by atoms with Crippen LogP contribution in [0.1, 0.15) is 5.56 Å². The smallest absolute Gasteiger partial charge is 0.289 e. The molecular formula is C12H8N2OS2. The van der Waals surface area contributed by atoms with Gasteiger partial charge in [0.1, 0.15) is 4.99 Å². The Morgan fingerprint density at radius 1 is 1.29 bits per heavy atom. The SMILES string of the molecule is O=C1NC(=S)/C(=C/c2ccc3[nH]ccc3c2)S1. The van der Waals surface area contributed by atoms with Crippen LogP contribution in [0.15, 0.2) is 35.4 Å². The Bertz CT molecular complexity index is 657. The first kappa shape index (κ1) is 10.6. The van der Waals surface area contributed by atoms with Crippen LogP contribution < -0.4 is 5.32 Å². The number of thioether (sulfide) groups is 1. The van der Waals surface area contributed by atoms with Crippen LogP contribution in [-0.4, -0.2) is 15.2 Å². The van der Waals surface area contributed by atoms with Crippen LogP contribution in [0.3, 0.4) is 0 Å². The molecule has 2 aromatic rings. The standard InChI is InChI=1S/C12H8N2OS2/c15-12-14-11(16)10(17-12)6-7-1-2-9-8(5-7)3-4-13-9/h1-6,13H,(H,14,15,16)/b10-6-. The highest BCUT2D eigenvalue weighted by atomic mass is 32.2. The zero-order chi connectivity index (χ0) is 11.8. The van der Waals surface area contributed by atoms with E-state index in [4.69, 9.17) is 12.2 Å². The van der Waals surface area contributed by atoms with Crippen molar-refractivity contribution >= 4 is 51.2 Å². The van der Waals surface area contributed by atoms with E-state index in [2.05, 4.69) is 16.4 Å². The average Bonchev–Trinajstić information content (AvgIpc) is 2.85. The molecule has 1 saturated heterocycles. The number of carbonyl (C=O) groups is 1. The summed E-state index contributed by atoms with van der Waals surface area (Å²) in [6.07, 6.45) is 3.83. The van der Waals surface area contributed by atoms with Gasteiger partial charge in [0, 0.05) is 11.7 Å². The lowest BCUT2D eigenvalue weighted by molar-refractivity contribution is 0.265. The first-order valence-electron chi connectivity index (χ1n) is 5.04. The van der Waals surface area contributed by atoms with Gasteiger partial charge >= 0.3 is 0 Å². The Morgan fingerprint density at radius 2 is 2.18 bits per heavy atom. The number of aromatic amines is 1. The van der Waals surface area contributed by atoms with Crippen LogP contribution in [-0.2, 0) is 0 Å². The Balaban J connectivity index is 2.01. The van der Waals surface area contributed by atoms with Gasteiger partial charge in [-0.15, -0.1) is 0 Å². The van der Waals surface area contributed by atoms with Gasteiger partial charge in [0.2, 0.25) is 0 Å². The summed E-state index contributed by atoms with van der Waals surface area (Å²) in [5, 5.41) is 3.64. The number of hydrogen-bond acceptors (Lipinski definition) is 3. The fraction of sp³-hybridized carbons (Fsp3) is 0. The number of rotatable bonds is 1. The summed E-state index contributed by atoms with van der Waals surface area (Å²) in [5.74, 6) is 0. The average molecular weight is 260 g/mol. The molecule has 1 fully saturated rings. The molecule has 84 valence electrons. The molecule has 1 aromatic carbocycles. The van der Waals surface area contributed by atoms with Crippen molar-refractivity contribution < 1.29 is 4.79 Å². The number of fused-ring (bicyclic) bond motifs is 1. The van der Waals surface area contributed by atoms with Crippen LogP contribution in [0.4, 0.5) is 4.79 Å². The molecule has 5 heteroatoms. The van der Waals surface area contributed by atoms with Crippen molar-refractivity contribution in [3.63, 3.8) is 0 Å². The fourth-order valence-electron chi connectivity index (χ4n) is 1.73. The van der Waals surface area contributed by atoms with Gasteiger partial charge in [-0.1, -0.05) is 18.3 Å². The molecule has 0 atom stereocenters. The van der Waals surface area contributed by atoms with E-state index in [0.717, 1.165) is 33.1 Å². The number of benzene rings is 1. The van der Waals surface area contributed by atoms with Crippen LogP contribution >= 0.6 is 24.0 Å². The maximum atomic E-state index is 11.1. The summed E-state index contributed by atoms with van der Waals surface area (Å²) < 4.78 is 0. The predicted octanol–water partition coefficient (Wildman–Crippen LogP) is 3.29. The maximum Gasteiger partial charge on any atom is 0.289 e. The van der Waals surface area contributed by atoms with Crippen molar-refractivity contribution in [3.8, 4) is 0 Å². The third kappa shape index (κ3) is 1.99. The molecule has 1 aromatic heterocycles. The number of carbonyl (C=O) groups excluding carboxylic acids is 1. The number of nitrogens with one attached hydrogen (secondary N) is 2. The predicted molar refractivity (Wildman–Crippen MR) is 75.0 cm³/mol. The summed E-state index contributed by atoms with van der Waals surface area (Å²) in [6, 6.07) is 8.09. The van der Waals surface area contributed by atoms with E-state index in [9.17, 15) is 4.79 Å². The summed E-state index contributed by atoms with van der Waals surface area (Å²) >= 11 is 6.21. The van der Waals surface area contributed by atoms with E-state index < -0.39 is 0 Å². The zero-order valence-electron chi connectivity index (χ0n) is 8.69. The lowest BCUT2D eigenvalue weighted by Crippen LogP contribution is -2.15.